The molecule has 1 aromatic rings. The third kappa shape index (κ3) is 3.39. The molecule has 0 amide bonds. The topological polar surface area (TPSA) is 20.2 Å². The van der Waals surface area contributed by atoms with E-state index in [1.165, 1.54) is 11.6 Å². The van der Waals surface area contributed by atoms with E-state index in [2.05, 4.69) is 15.9 Å². The Hall–Kier alpha value is -0.670. The van der Waals surface area contributed by atoms with Crippen LogP contribution >= 0.6 is 15.9 Å². The monoisotopic (exact) mass is 298 g/mol. The lowest BCUT2D eigenvalue weighted by atomic mass is 10.0. The third-order valence-corrected chi connectivity index (χ3v) is 4.01. The molecule has 17 heavy (non-hydrogen) atoms. The Labute approximate surface area is 109 Å². The lowest BCUT2D eigenvalue weighted by Gasteiger charge is -2.09. The second-order valence-electron chi connectivity index (χ2n) is 4.53. The van der Waals surface area contributed by atoms with Gasteiger partial charge in [0.2, 0.25) is 0 Å². The first-order valence-corrected chi connectivity index (χ1v) is 6.76. The van der Waals surface area contributed by atoms with Gasteiger partial charge in [0.25, 0.3) is 0 Å². The molecule has 2 rings (SSSR count). The fourth-order valence-electron chi connectivity index (χ4n) is 2.22. The van der Waals surface area contributed by atoms with E-state index in [9.17, 15) is 9.50 Å². The summed E-state index contributed by atoms with van der Waals surface area (Å²) in [6, 6.07) is 5.10. The van der Waals surface area contributed by atoms with E-state index in [1.807, 2.05) is 12.1 Å². The van der Waals surface area contributed by atoms with E-state index >= 15 is 0 Å². The van der Waals surface area contributed by atoms with Crippen LogP contribution in [-0.4, -0.2) is 11.2 Å². The van der Waals surface area contributed by atoms with Crippen LogP contribution in [0.3, 0.4) is 0 Å². The maximum absolute atomic E-state index is 13.4. The normalized spacial score (nSPS) is 20.9. The maximum Gasteiger partial charge on any atom is 0.137 e. The minimum atomic E-state index is -0.333. The largest absolute Gasteiger partial charge is 0.389 e. The molecular weight excluding hydrogens is 283 g/mol. The highest BCUT2D eigenvalue weighted by atomic mass is 79.9. The molecule has 1 aliphatic carbocycles. The standard InChI is InChI=1S/C14H16BrFO/c15-14-11(5-3-7-13(14)16)8-10-4-1-2-6-12(17)9-10/h3,5,7,9,12,17H,1-2,4,6,8H2. The maximum atomic E-state index is 13.4. The van der Waals surface area contributed by atoms with Crippen molar-refractivity contribution in [3.05, 3.63) is 45.7 Å². The van der Waals surface area contributed by atoms with Gasteiger partial charge in [0.05, 0.1) is 10.6 Å². The molecule has 1 unspecified atom stereocenters. The van der Waals surface area contributed by atoms with Gasteiger partial charge in [-0.15, -0.1) is 0 Å². The number of rotatable bonds is 2. The fraction of sp³-hybridized carbons (Fsp3) is 0.429. The van der Waals surface area contributed by atoms with E-state index in [0.29, 0.717) is 4.47 Å². The van der Waals surface area contributed by atoms with Crippen molar-refractivity contribution in [3.8, 4) is 0 Å². The number of hydrogen-bond acceptors (Lipinski definition) is 1. The molecule has 0 heterocycles. The Morgan fingerprint density at radius 1 is 1.35 bits per heavy atom. The Kier molecular flexibility index (Phi) is 4.35. The highest BCUT2D eigenvalue weighted by Crippen LogP contribution is 2.26. The summed E-state index contributed by atoms with van der Waals surface area (Å²) >= 11 is 3.28. The lowest BCUT2D eigenvalue weighted by molar-refractivity contribution is 0.211. The van der Waals surface area contributed by atoms with E-state index < -0.39 is 0 Å². The fourth-order valence-corrected chi connectivity index (χ4v) is 2.63. The smallest absolute Gasteiger partial charge is 0.137 e. The molecular formula is C14H16BrFO. The number of hydrogen-bond donors (Lipinski definition) is 1. The predicted molar refractivity (Wildman–Crippen MR) is 70.4 cm³/mol. The summed E-state index contributed by atoms with van der Waals surface area (Å²) in [4.78, 5) is 0. The van der Waals surface area contributed by atoms with Crippen LogP contribution in [0.15, 0.2) is 34.3 Å². The van der Waals surface area contributed by atoms with Crippen LogP contribution in [0.5, 0.6) is 0 Å². The van der Waals surface area contributed by atoms with Gasteiger partial charge in [-0.25, -0.2) is 4.39 Å². The van der Waals surface area contributed by atoms with Gasteiger partial charge in [-0.05, 0) is 53.2 Å². The van der Waals surface area contributed by atoms with Gasteiger partial charge in [0, 0.05) is 0 Å². The van der Waals surface area contributed by atoms with E-state index in [-0.39, 0.29) is 11.9 Å². The van der Waals surface area contributed by atoms with Crippen LogP contribution in [-0.2, 0) is 6.42 Å². The van der Waals surface area contributed by atoms with Crippen LogP contribution in [0.4, 0.5) is 4.39 Å². The van der Waals surface area contributed by atoms with Crippen LogP contribution in [0.1, 0.15) is 31.2 Å². The molecule has 1 aliphatic rings. The first-order chi connectivity index (χ1) is 8.16. The van der Waals surface area contributed by atoms with Gasteiger partial charge >= 0.3 is 0 Å². The number of halogens is 2. The van der Waals surface area contributed by atoms with Crippen LogP contribution < -0.4 is 0 Å². The van der Waals surface area contributed by atoms with Crippen molar-refractivity contribution < 1.29 is 9.50 Å². The second-order valence-corrected chi connectivity index (χ2v) is 5.32. The minimum Gasteiger partial charge on any atom is -0.389 e. The second kappa shape index (κ2) is 5.78. The molecule has 0 radical (unpaired) electrons. The zero-order valence-corrected chi connectivity index (χ0v) is 11.2. The first kappa shape index (κ1) is 12.8. The SMILES string of the molecule is OC1C=C(Cc2cccc(F)c2Br)CCCC1. The van der Waals surface area contributed by atoms with Crippen molar-refractivity contribution >= 4 is 15.9 Å². The Balaban J connectivity index is 2.17. The Morgan fingerprint density at radius 2 is 2.18 bits per heavy atom. The molecule has 0 fully saturated rings. The van der Waals surface area contributed by atoms with E-state index in [4.69, 9.17) is 0 Å². The van der Waals surface area contributed by atoms with Crippen LogP contribution in [0.25, 0.3) is 0 Å². The number of aliphatic hydroxyl groups is 1. The molecule has 0 bridgehead atoms. The van der Waals surface area contributed by atoms with Crippen molar-refractivity contribution in [2.24, 2.45) is 0 Å². The van der Waals surface area contributed by atoms with Crippen LogP contribution in [0, 0.1) is 5.82 Å². The van der Waals surface area contributed by atoms with Crippen molar-refractivity contribution in [1.29, 1.82) is 0 Å². The van der Waals surface area contributed by atoms with Gasteiger partial charge in [-0.2, -0.15) is 0 Å². The van der Waals surface area contributed by atoms with E-state index in [1.54, 1.807) is 6.07 Å². The Bertz CT molecular complexity index is 428. The highest BCUT2D eigenvalue weighted by molar-refractivity contribution is 9.10. The Morgan fingerprint density at radius 3 is 3.00 bits per heavy atom. The van der Waals surface area contributed by atoms with Gasteiger partial charge in [0.1, 0.15) is 5.82 Å². The molecule has 0 saturated heterocycles. The highest BCUT2D eigenvalue weighted by Gasteiger charge is 2.12. The third-order valence-electron chi connectivity index (χ3n) is 3.12. The molecule has 1 nitrogen and oxygen atoms in total. The molecule has 1 N–H and O–H groups in total. The summed E-state index contributed by atoms with van der Waals surface area (Å²) in [6.07, 6.45) is 6.33. The first-order valence-electron chi connectivity index (χ1n) is 5.97. The molecule has 0 aromatic heterocycles. The summed E-state index contributed by atoms with van der Waals surface area (Å²) in [6.45, 7) is 0. The quantitative estimate of drug-likeness (QED) is 0.819. The summed E-state index contributed by atoms with van der Waals surface area (Å²) in [5, 5.41) is 9.70. The molecule has 1 atom stereocenters. The summed E-state index contributed by atoms with van der Waals surface area (Å²) in [5.74, 6) is -0.225. The molecule has 3 heteroatoms. The number of allylic oxidation sites excluding steroid dienone is 1. The average molecular weight is 299 g/mol. The molecule has 0 aliphatic heterocycles. The zero-order chi connectivity index (χ0) is 12.3. The van der Waals surface area contributed by atoms with Gasteiger partial charge < -0.3 is 5.11 Å². The summed E-state index contributed by atoms with van der Waals surface area (Å²) < 4.78 is 13.9. The van der Waals surface area contributed by atoms with Gasteiger partial charge in [0.15, 0.2) is 0 Å². The molecule has 92 valence electrons. The molecule has 1 aromatic carbocycles. The van der Waals surface area contributed by atoms with Crippen molar-refractivity contribution in [1.82, 2.24) is 0 Å². The molecule has 0 spiro atoms. The van der Waals surface area contributed by atoms with E-state index in [0.717, 1.165) is 37.7 Å². The van der Waals surface area contributed by atoms with Gasteiger partial charge in [-0.3, -0.25) is 0 Å². The lowest BCUT2D eigenvalue weighted by Crippen LogP contribution is -2.01. The number of benzene rings is 1. The van der Waals surface area contributed by atoms with Crippen molar-refractivity contribution in [3.63, 3.8) is 0 Å². The van der Waals surface area contributed by atoms with Crippen molar-refractivity contribution in [2.75, 3.05) is 0 Å². The van der Waals surface area contributed by atoms with Gasteiger partial charge in [-0.1, -0.05) is 30.2 Å². The van der Waals surface area contributed by atoms with Crippen LogP contribution in [0.2, 0.25) is 0 Å². The van der Waals surface area contributed by atoms with Crippen molar-refractivity contribution in [2.45, 2.75) is 38.2 Å². The minimum absolute atomic E-state index is 0.225. The average Bonchev–Trinajstić information content (AvgIpc) is 2.49. The summed E-state index contributed by atoms with van der Waals surface area (Å²) in [7, 11) is 0. The molecule has 0 saturated carbocycles. The predicted octanol–water partition coefficient (Wildman–Crippen LogP) is 3.99. The summed E-state index contributed by atoms with van der Waals surface area (Å²) in [5.41, 5.74) is 2.16. The zero-order valence-electron chi connectivity index (χ0n) is 9.63. The number of aliphatic hydroxyl groups excluding tert-OH is 1.